The fraction of sp³-hybridized carbons (Fsp3) is 0.250. The summed E-state index contributed by atoms with van der Waals surface area (Å²) in [5.41, 5.74) is 3.01. The molecular formula is C12H13BrN4O. The molecule has 0 aliphatic carbocycles. The van der Waals surface area contributed by atoms with Gasteiger partial charge < -0.3 is 5.32 Å². The largest absolute Gasteiger partial charge is 0.306 e. The van der Waals surface area contributed by atoms with Crippen LogP contribution in [0, 0.1) is 20.8 Å². The molecule has 0 aromatic carbocycles. The lowest BCUT2D eigenvalue weighted by Crippen LogP contribution is -2.14. The average molecular weight is 309 g/mol. The number of aromatic amines is 1. The molecule has 2 aromatic rings. The van der Waals surface area contributed by atoms with E-state index in [0.29, 0.717) is 17.1 Å². The van der Waals surface area contributed by atoms with Gasteiger partial charge >= 0.3 is 0 Å². The molecule has 0 bridgehead atoms. The number of carbonyl (C=O) groups excluding carboxylic acids is 1. The molecule has 0 saturated heterocycles. The fourth-order valence-corrected chi connectivity index (χ4v) is 1.89. The minimum atomic E-state index is -0.201. The van der Waals surface area contributed by atoms with E-state index in [9.17, 15) is 4.79 Å². The number of nitrogens with one attached hydrogen (secondary N) is 2. The van der Waals surface area contributed by atoms with Gasteiger partial charge in [-0.3, -0.25) is 9.89 Å². The van der Waals surface area contributed by atoms with Crippen molar-refractivity contribution in [2.45, 2.75) is 20.8 Å². The van der Waals surface area contributed by atoms with E-state index in [1.807, 2.05) is 19.9 Å². The smallest absolute Gasteiger partial charge is 0.260 e. The normalized spacial score (nSPS) is 10.4. The summed E-state index contributed by atoms with van der Waals surface area (Å²) in [6.07, 6.45) is 1.67. The highest BCUT2D eigenvalue weighted by atomic mass is 79.9. The number of hydrogen-bond acceptors (Lipinski definition) is 3. The zero-order valence-electron chi connectivity index (χ0n) is 10.3. The van der Waals surface area contributed by atoms with E-state index in [0.717, 1.165) is 15.7 Å². The Morgan fingerprint density at radius 2 is 2.11 bits per heavy atom. The Hall–Kier alpha value is -1.69. The van der Waals surface area contributed by atoms with Crippen molar-refractivity contribution in [3.63, 3.8) is 0 Å². The van der Waals surface area contributed by atoms with Gasteiger partial charge in [0.2, 0.25) is 0 Å². The third-order valence-corrected chi connectivity index (χ3v) is 3.47. The van der Waals surface area contributed by atoms with Crippen LogP contribution >= 0.6 is 15.9 Å². The molecule has 0 unspecified atom stereocenters. The Morgan fingerprint density at radius 3 is 2.67 bits per heavy atom. The van der Waals surface area contributed by atoms with Gasteiger partial charge in [-0.2, -0.15) is 5.10 Å². The molecule has 0 aliphatic rings. The second-order valence-corrected chi connectivity index (χ2v) is 4.94. The van der Waals surface area contributed by atoms with Gasteiger partial charge in [0, 0.05) is 16.4 Å². The van der Waals surface area contributed by atoms with E-state index < -0.39 is 0 Å². The van der Waals surface area contributed by atoms with Crippen LogP contribution in [-0.4, -0.2) is 21.1 Å². The molecule has 5 nitrogen and oxygen atoms in total. The Bertz CT molecular complexity index is 587. The van der Waals surface area contributed by atoms with Crippen LogP contribution in [0.3, 0.4) is 0 Å². The molecule has 0 atom stereocenters. The van der Waals surface area contributed by atoms with Crippen molar-refractivity contribution in [3.8, 4) is 0 Å². The zero-order valence-corrected chi connectivity index (χ0v) is 11.9. The fourth-order valence-electron chi connectivity index (χ4n) is 1.67. The third-order valence-electron chi connectivity index (χ3n) is 2.64. The lowest BCUT2D eigenvalue weighted by molar-refractivity contribution is 0.102. The minimum Gasteiger partial charge on any atom is -0.306 e. The predicted octanol–water partition coefficient (Wildman–Crippen LogP) is 2.74. The number of aromatic nitrogens is 3. The first-order chi connectivity index (χ1) is 8.49. The second kappa shape index (κ2) is 4.89. The predicted molar refractivity (Wildman–Crippen MR) is 72.7 cm³/mol. The Kier molecular flexibility index (Phi) is 3.47. The summed E-state index contributed by atoms with van der Waals surface area (Å²) >= 11 is 3.37. The molecule has 0 aliphatic heterocycles. The maximum Gasteiger partial charge on any atom is 0.260 e. The minimum absolute atomic E-state index is 0.201. The number of nitrogens with zero attached hydrogens (tertiary/aromatic N) is 2. The summed E-state index contributed by atoms with van der Waals surface area (Å²) in [4.78, 5) is 16.2. The van der Waals surface area contributed by atoms with Crippen LogP contribution in [0.15, 0.2) is 16.7 Å². The molecule has 2 rings (SSSR count). The van der Waals surface area contributed by atoms with E-state index in [1.165, 1.54) is 0 Å². The molecular weight excluding hydrogens is 296 g/mol. The topological polar surface area (TPSA) is 70.7 Å². The molecule has 2 N–H and O–H groups in total. The number of H-pyrrole nitrogens is 1. The lowest BCUT2D eigenvalue weighted by atomic mass is 10.2. The molecule has 2 heterocycles. The van der Waals surface area contributed by atoms with Crippen LogP contribution in [-0.2, 0) is 0 Å². The van der Waals surface area contributed by atoms with Gasteiger partial charge in [0.25, 0.3) is 5.91 Å². The van der Waals surface area contributed by atoms with Gasteiger partial charge in [0.05, 0.1) is 11.3 Å². The van der Waals surface area contributed by atoms with Crippen molar-refractivity contribution >= 4 is 27.7 Å². The number of carbonyl (C=O) groups is 1. The highest BCUT2D eigenvalue weighted by Crippen LogP contribution is 2.18. The Balaban J connectivity index is 2.24. The van der Waals surface area contributed by atoms with Crippen LogP contribution in [0.5, 0.6) is 0 Å². The number of amides is 1. The van der Waals surface area contributed by atoms with Gasteiger partial charge in [0.1, 0.15) is 5.82 Å². The van der Waals surface area contributed by atoms with Gasteiger partial charge in [-0.25, -0.2) is 4.98 Å². The molecule has 2 aromatic heterocycles. The number of aryl methyl sites for hydroxylation is 3. The number of rotatable bonds is 2. The summed E-state index contributed by atoms with van der Waals surface area (Å²) < 4.78 is 0.913. The molecule has 0 spiro atoms. The van der Waals surface area contributed by atoms with Crippen molar-refractivity contribution < 1.29 is 4.79 Å². The number of pyridine rings is 1. The van der Waals surface area contributed by atoms with Crippen molar-refractivity contribution in [1.29, 1.82) is 0 Å². The highest BCUT2D eigenvalue weighted by Gasteiger charge is 2.15. The van der Waals surface area contributed by atoms with Crippen LogP contribution < -0.4 is 5.32 Å². The van der Waals surface area contributed by atoms with Crippen molar-refractivity contribution in [2.24, 2.45) is 0 Å². The molecule has 18 heavy (non-hydrogen) atoms. The van der Waals surface area contributed by atoms with E-state index in [1.54, 1.807) is 13.1 Å². The monoisotopic (exact) mass is 308 g/mol. The average Bonchev–Trinajstić information content (AvgIpc) is 2.64. The Morgan fingerprint density at radius 1 is 1.39 bits per heavy atom. The zero-order chi connectivity index (χ0) is 13.3. The molecule has 94 valence electrons. The summed E-state index contributed by atoms with van der Waals surface area (Å²) in [6, 6.07) is 1.81. The Labute approximate surface area is 113 Å². The van der Waals surface area contributed by atoms with Gasteiger partial charge in [-0.1, -0.05) is 0 Å². The maximum atomic E-state index is 12.1. The quantitative estimate of drug-likeness (QED) is 0.896. The first kappa shape index (κ1) is 12.8. The van der Waals surface area contributed by atoms with Crippen molar-refractivity contribution in [3.05, 3.63) is 39.3 Å². The van der Waals surface area contributed by atoms with Crippen LogP contribution in [0.2, 0.25) is 0 Å². The van der Waals surface area contributed by atoms with E-state index in [4.69, 9.17) is 0 Å². The summed E-state index contributed by atoms with van der Waals surface area (Å²) in [5, 5.41) is 9.55. The first-order valence-corrected chi connectivity index (χ1v) is 6.23. The molecule has 0 radical (unpaired) electrons. The molecule has 0 saturated carbocycles. The van der Waals surface area contributed by atoms with E-state index in [2.05, 4.69) is 36.4 Å². The van der Waals surface area contributed by atoms with Crippen LogP contribution in [0.1, 0.15) is 27.3 Å². The van der Waals surface area contributed by atoms with Crippen LogP contribution in [0.4, 0.5) is 5.82 Å². The van der Waals surface area contributed by atoms with Gasteiger partial charge in [0.15, 0.2) is 0 Å². The first-order valence-electron chi connectivity index (χ1n) is 5.44. The van der Waals surface area contributed by atoms with Crippen molar-refractivity contribution in [1.82, 2.24) is 15.2 Å². The third kappa shape index (κ3) is 2.43. The SMILES string of the molecule is Cc1cc(NC(=O)c2c(C)n[nH]c2C)ncc1Br. The second-order valence-electron chi connectivity index (χ2n) is 4.08. The standard InChI is InChI=1S/C12H13BrN4O/c1-6-4-10(14-5-9(6)13)15-12(18)11-7(2)16-17-8(11)3/h4-5H,1-3H3,(H,16,17)(H,14,15,18). The maximum absolute atomic E-state index is 12.1. The number of anilines is 1. The lowest BCUT2D eigenvalue weighted by Gasteiger charge is -2.06. The number of halogens is 1. The molecule has 0 fully saturated rings. The van der Waals surface area contributed by atoms with E-state index >= 15 is 0 Å². The number of hydrogen-bond donors (Lipinski definition) is 2. The summed E-state index contributed by atoms with van der Waals surface area (Å²) in [7, 11) is 0. The van der Waals surface area contributed by atoms with Crippen LogP contribution in [0.25, 0.3) is 0 Å². The van der Waals surface area contributed by atoms with E-state index in [-0.39, 0.29) is 5.91 Å². The van der Waals surface area contributed by atoms with Gasteiger partial charge in [-0.15, -0.1) is 0 Å². The summed E-state index contributed by atoms with van der Waals surface area (Å²) in [5.74, 6) is 0.327. The molecule has 6 heteroatoms. The van der Waals surface area contributed by atoms with Crippen molar-refractivity contribution in [2.75, 3.05) is 5.32 Å². The highest BCUT2D eigenvalue weighted by molar-refractivity contribution is 9.10. The molecule has 1 amide bonds. The summed E-state index contributed by atoms with van der Waals surface area (Å²) in [6.45, 7) is 5.55. The van der Waals surface area contributed by atoms with Gasteiger partial charge in [-0.05, 0) is 48.3 Å².